The van der Waals surface area contributed by atoms with Gasteiger partial charge in [-0.05, 0) is 0 Å². The lowest BCUT2D eigenvalue weighted by atomic mass is 10.7. The third-order valence-electron chi connectivity index (χ3n) is 0.167. The zero-order valence-corrected chi connectivity index (χ0v) is 4.29. The third kappa shape index (κ3) is 53.1. The van der Waals surface area contributed by atoms with Crippen molar-refractivity contribution in [2.24, 2.45) is 5.73 Å². The molecule has 3 heteroatoms. The van der Waals surface area contributed by atoms with Crippen LogP contribution in [0.1, 0.15) is 0 Å². The Kier molecular flexibility index (Phi) is 33.9. The van der Waals surface area contributed by atoms with Gasteiger partial charge in [-0.15, -0.1) is 6.58 Å². The van der Waals surface area contributed by atoms with Crippen LogP contribution >= 0.6 is 0 Å². The van der Waals surface area contributed by atoms with E-state index >= 15 is 0 Å². The van der Waals surface area contributed by atoms with Gasteiger partial charge >= 0.3 is 0 Å². The van der Waals surface area contributed by atoms with Crippen LogP contribution in [0.2, 0.25) is 0 Å². The van der Waals surface area contributed by atoms with Crippen molar-refractivity contribution in [3.8, 4) is 0 Å². The summed E-state index contributed by atoms with van der Waals surface area (Å²) in [4.78, 5) is 0. The van der Waals surface area contributed by atoms with Gasteiger partial charge in [-0.1, -0.05) is 6.08 Å². The molecule has 2 nitrogen and oxygen atoms in total. The van der Waals surface area contributed by atoms with Gasteiger partial charge in [-0.3, -0.25) is 0 Å². The minimum Gasteiger partial charge on any atom is -0.327 e. The maximum absolute atomic E-state index is 5.33. The van der Waals surface area contributed by atoms with E-state index in [0.29, 0.717) is 6.54 Å². The first-order valence-corrected chi connectivity index (χ1v) is 1.84. The van der Waals surface area contributed by atoms with Crippen molar-refractivity contribution in [2.75, 3.05) is 6.54 Å². The van der Waals surface area contributed by atoms with E-state index in [1.54, 1.807) is 6.08 Å². The first kappa shape index (κ1) is 9.21. The Morgan fingerprint density at radius 1 is 1.83 bits per heavy atom. The number of hydrogen-bond donors (Lipinski definition) is 2. The molecule has 0 aliphatic carbocycles. The van der Waals surface area contributed by atoms with E-state index in [-0.39, 0.29) is 0 Å². The predicted molar refractivity (Wildman–Crippen MR) is 29.3 cm³/mol. The first-order valence-electron chi connectivity index (χ1n) is 1.43. The standard InChI is InChI=1S/C3H7N.HNS/c1-2-3-4;1-2/h2H,1,3-4H2;1H. The molecule has 36 valence electrons. The second kappa shape index (κ2) is 22.1. The average molecular weight is 104 g/mol. The van der Waals surface area contributed by atoms with Gasteiger partial charge in [-0.25, -0.2) is 4.78 Å². The van der Waals surface area contributed by atoms with Crippen molar-refractivity contribution < 1.29 is 0 Å². The Labute approximate surface area is 43.0 Å². The highest BCUT2D eigenvalue weighted by atomic mass is 32.1. The maximum atomic E-state index is 5.33. The summed E-state index contributed by atoms with van der Waals surface area (Å²) < 4.78 is 5.33. The Morgan fingerprint density at radius 2 is 2.00 bits per heavy atom. The molecular weight excluding hydrogens is 96.1 g/mol. The normalized spacial score (nSPS) is 4.83. The Balaban J connectivity index is 0. The second-order valence-electron chi connectivity index (χ2n) is 0.524. The highest BCUT2D eigenvalue weighted by Gasteiger charge is 1.43. The minimum atomic E-state index is 0.583. The lowest BCUT2D eigenvalue weighted by Gasteiger charge is -1.61. The summed E-state index contributed by atoms with van der Waals surface area (Å²) in [6, 6.07) is 0. The maximum Gasteiger partial charge on any atom is 0.0324 e. The third-order valence-corrected chi connectivity index (χ3v) is 0.167. The van der Waals surface area contributed by atoms with Crippen molar-refractivity contribution in [3.05, 3.63) is 12.7 Å². The Bertz CT molecular complexity index is 30.0. The van der Waals surface area contributed by atoms with Gasteiger partial charge < -0.3 is 5.73 Å². The van der Waals surface area contributed by atoms with E-state index in [1.807, 2.05) is 0 Å². The molecular formula is C3H8N2S. The van der Waals surface area contributed by atoms with Crippen molar-refractivity contribution in [3.63, 3.8) is 0 Å². The molecule has 3 N–H and O–H groups in total. The second-order valence-corrected chi connectivity index (χ2v) is 0.524. The molecule has 0 rings (SSSR count). The number of rotatable bonds is 1. The smallest absolute Gasteiger partial charge is 0.0324 e. The van der Waals surface area contributed by atoms with Gasteiger partial charge in [0.2, 0.25) is 0 Å². The molecule has 0 amide bonds. The molecule has 0 aliphatic heterocycles. The summed E-state index contributed by atoms with van der Waals surface area (Å²) in [7, 11) is 0. The van der Waals surface area contributed by atoms with Crippen LogP contribution in [-0.2, 0) is 12.4 Å². The van der Waals surface area contributed by atoms with Crippen molar-refractivity contribution in [2.45, 2.75) is 0 Å². The summed E-state index contributed by atoms with van der Waals surface area (Å²) in [5.74, 6) is 0. The monoisotopic (exact) mass is 104 g/mol. The fourth-order valence-electron chi connectivity index (χ4n) is 0. The van der Waals surface area contributed by atoms with E-state index in [2.05, 4.69) is 19.0 Å². The fourth-order valence-corrected chi connectivity index (χ4v) is 0. The van der Waals surface area contributed by atoms with E-state index < -0.39 is 0 Å². The van der Waals surface area contributed by atoms with Crippen molar-refractivity contribution in [1.29, 1.82) is 4.78 Å². The molecule has 0 unspecified atom stereocenters. The zero-order valence-electron chi connectivity index (χ0n) is 3.48. The van der Waals surface area contributed by atoms with Crippen LogP contribution in [-0.4, -0.2) is 6.54 Å². The summed E-state index contributed by atoms with van der Waals surface area (Å²) in [5.41, 5.74) is 4.91. The molecule has 0 aromatic carbocycles. The quantitative estimate of drug-likeness (QED) is 0.474. The van der Waals surface area contributed by atoms with Gasteiger partial charge in [0.05, 0.1) is 0 Å². The summed E-state index contributed by atoms with van der Waals surface area (Å²) >= 11 is 3.33. The van der Waals surface area contributed by atoms with Crippen LogP contribution in [0.25, 0.3) is 0 Å². The van der Waals surface area contributed by atoms with E-state index in [1.165, 1.54) is 0 Å². The van der Waals surface area contributed by atoms with Gasteiger partial charge in [-0.2, -0.15) is 0 Å². The lowest BCUT2D eigenvalue weighted by molar-refractivity contribution is 1.26. The van der Waals surface area contributed by atoms with Crippen LogP contribution in [0.15, 0.2) is 12.7 Å². The highest BCUT2D eigenvalue weighted by molar-refractivity contribution is 7.45. The SMILES string of the molecule is C=CCN.N=S. The highest BCUT2D eigenvalue weighted by Crippen LogP contribution is 1.40. The number of nitrogens with two attached hydrogens (primary N) is 1. The summed E-state index contributed by atoms with van der Waals surface area (Å²) in [6.45, 7) is 3.94. The van der Waals surface area contributed by atoms with Crippen LogP contribution in [0.5, 0.6) is 0 Å². The molecule has 6 heavy (non-hydrogen) atoms. The fraction of sp³-hybridized carbons (Fsp3) is 0.333. The zero-order chi connectivity index (χ0) is 5.41. The molecule has 0 radical (unpaired) electrons. The van der Waals surface area contributed by atoms with Gasteiger partial charge in [0.25, 0.3) is 0 Å². The van der Waals surface area contributed by atoms with Gasteiger partial charge in [0, 0.05) is 19.0 Å². The van der Waals surface area contributed by atoms with Gasteiger partial charge in [0.1, 0.15) is 0 Å². The van der Waals surface area contributed by atoms with Crippen LogP contribution in [0.3, 0.4) is 0 Å². The Hall–Kier alpha value is -0.280. The van der Waals surface area contributed by atoms with E-state index in [9.17, 15) is 0 Å². The molecule has 0 spiro atoms. The lowest BCUT2D eigenvalue weighted by Crippen LogP contribution is -1.90. The predicted octanol–water partition coefficient (Wildman–Crippen LogP) is 0.427. The van der Waals surface area contributed by atoms with Crippen molar-refractivity contribution in [1.82, 2.24) is 0 Å². The molecule has 0 aliphatic rings. The summed E-state index contributed by atoms with van der Waals surface area (Å²) in [5, 5.41) is 0. The molecule has 0 atom stereocenters. The van der Waals surface area contributed by atoms with E-state index in [0.717, 1.165) is 0 Å². The van der Waals surface area contributed by atoms with Crippen LogP contribution < -0.4 is 5.73 Å². The largest absolute Gasteiger partial charge is 0.327 e. The molecule has 0 heterocycles. The number of nitrogens with one attached hydrogen (secondary N) is 1. The molecule has 0 fully saturated rings. The topological polar surface area (TPSA) is 49.9 Å². The molecule has 0 aromatic heterocycles. The summed E-state index contributed by atoms with van der Waals surface area (Å²) in [6.07, 6.45) is 1.65. The number of hydrogen-bond acceptors (Lipinski definition) is 3. The first-order chi connectivity index (χ1) is 2.91. The molecule has 0 saturated carbocycles. The molecule has 0 bridgehead atoms. The minimum absolute atomic E-state index is 0.583. The average Bonchev–Trinajstić information content (AvgIpc) is 1.72. The molecule has 0 aromatic rings. The molecule has 0 saturated heterocycles. The van der Waals surface area contributed by atoms with Gasteiger partial charge in [0.15, 0.2) is 0 Å². The van der Waals surface area contributed by atoms with E-state index in [4.69, 9.17) is 10.5 Å². The van der Waals surface area contributed by atoms with Crippen molar-refractivity contribution >= 4 is 12.4 Å². The van der Waals surface area contributed by atoms with Crippen LogP contribution in [0, 0.1) is 4.78 Å². The Morgan fingerprint density at radius 3 is 2.00 bits per heavy atom. The van der Waals surface area contributed by atoms with Crippen LogP contribution in [0.4, 0.5) is 0 Å².